The maximum atomic E-state index is 11.5. The van der Waals surface area contributed by atoms with Gasteiger partial charge in [-0.25, -0.2) is 0 Å². The van der Waals surface area contributed by atoms with Gasteiger partial charge in [-0.1, -0.05) is 11.6 Å². The summed E-state index contributed by atoms with van der Waals surface area (Å²) in [6.45, 7) is 4.25. The number of benzene rings is 1. The topological polar surface area (TPSA) is 32.3 Å². The Labute approximate surface area is 118 Å². The fourth-order valence-corrected chi connectivity index (χ4v) is 3.47. The van der Waals surface area contributed by atoms with Crippen molar-refractivity contribution >= 4 is 17.5 Å². The molecule has 0 radical (unpaired) electrons. The summed E-state index contributed by atoms with van der Waals surface area (Å²) in [4.78, 5) is 13.4. The van der Waals surface area contributed by atoms with Crippen LogP contribution < -0.4 is 5.32 Å². The number of halogens is 1. The minimum Gasteiger partial charge on any atom is -0.338 e. The molecule has 1 unspecified atom stereocenters. The zero-order chi connectivity index (χ0) is 13.4. The Kier molecular flexibility index (Phi) is 3.50. The lowest BCUT2D eigenvalue weighted by Gasteiger charge is -2.31. The van der Waals surface area contributed by atoms with Crippen LogP contribution in [-0.2, 0) is 17.8 Å². The van der Waals surface area contributed by atoms with E-state index in [9.17, 15) is 4.79 Å². The lowest BCUT2D eigenvalue weighted by atomic mass is 9.90. The Morgan fingerprint density at radius 1 is 1.47 bits per heavy atom. The van der Waals surface area contributed by atoms with E-state index < -0.39 is 0 Å². The standard InChI is InChI=1S/C15H19ClN2O/c1-10(19)18-6-4-13-11(9-18)7-12(16)8-14(13)15-3-2-5-17-15/h7-8,15,17H,2-6,9H2,1H3. The number of carbonyl (C=O) groups excluding carboxylic acids is 1. The SMILES string of the molecule is CC(=O)N1CCc2c(cc(Cl)cc2C2CCCN2)C1. The van der Waals surface area contributed by atoms with Gasteiger partial charge in [-0.15, -0.1) is 0 Å². The molecule has 0 saturated carbocycles. The molecule has 0 aromatic heterocycles. The zero-order valence-electron chi connectivity index (χ0n) is 11.2. The maximum absolute atomic E-state index is 11.5. The average molecular weight is 279 g/mol. The van der Waals surface area contributed by atoms with E-state index in [0.29, 0.717) is 12.6 Å². The largest absolute Gasteiger partial charge is 0.338 e. The van der Waals surface area contributed by atoms with Crippen LogP contribution in [0.5, 0.6) is 0 Å². The van der Waals surface area contributed by atoms with Crippen molar-refractivity contribution in [2.24, 2.45) is 0 Å². The second-order valence-corrected chi connectivity index (χ2v) is 5.91. The van der Waals surface area contributed by atoms with Crippen LogP contribution in [0, 0.1) is 0 Å². The number of hydrogen-bond acceptors (Lipinski definition) is 2. The smallest absolute Gasteiger partial charge is 0.219 e. The molecule has 1 saturated heterocycles. The van der Waals surface area contributed by atoms with Gasteiger partial charge in [0.1, 0.15) is 0 Å². The predicted molar refractivity (Wildman–Crippen MR) is 76.2 cm³/mol. The molecule has 0 aliphatic carbocycles. The summed E-state index contributed by atoms with van der Waals surface area (Å²) < 4.78 is 0. The van der Waals surface area contributed by atoms with Crippen LogP contribution in [0.2, 0.25) is 5.02 Å². The van der Waals surface area contributed by atoms with Crippen LogP contribution in [0.25, 0.3) is 0 Å². The van der Waals surface area contributed by atoms with E-state index in [0.717, 1.165) is 24.5 Å². The molecule has 2 aliphatic heterocycles. The van der Waals surface area contributed by atoms with Crippen LogP contribution in [0.15, 0.2) is 12.1 Å². The van der Waals surface area contributed by atoms with Crippen LogP contribution in [-0.4, -0.2) is 23.9 Å². The van der Waals surface area contributed by atoms with Crippen molar-refractivity contribution in [3.63, 3.8) is 0 Å². The molecular formula is C15H19ClN2O. The van der Waals surface area contributed by atoms with Gasteiger partial charge in [0.2, 0.25) is 5.91 Å². The molecule has 0 spiro atoms. The van der Waals surface area contributed by atoms with E-state index in [1.54, 1.807) is 6.92 Å². The zero-order valence-corrected chi connectivity index (χ0v) is 12.0. The van der Waals surface area contributed by atoms with Crippen molar-refractivity contribution in [1.29, 1.82) is 0 Å². The molecule has 1 N–H and O–H groups in total. The molecule has 1 aromatic rings. The number of nitrogens with zero attached hydrogens (tertiary/aromatic N) is 1. The second kappa shape index (κ2) is 5.14. The van der Waals surface area contributed by atoms with E-state index in [2.05, 4.69) is 11.4 Å². The summed E-state index contributed by atoms with van der Waals surface area (Å²) in [5, 5.41) is 4.33. The van der Waals surface area contributed by atoms with Crippen molar-refractivity contribution in [2.75, 3.05) is 13.1 Å². The maximum Gasteiger partial charge on any atom is 0.219 e. The highest BCUT2D eigenvalue weighted by molar-refractivity contribution is 6.30. The normalized spacial score (nSPS) is 22.4. The van der Waals surface area contributed by atoms with Crippen molar-refractivity contribution in [3.8, 4) is 0 Å². The van der Waals surface area contributed by atoms with Crippen LogP contribution in [0.4, 0.5) is 0 Å². The van der Waals surface area contributed by atoms with Gasteiger partial charge in [0.25, 0.3) is 0 Å². The summed E-state index contributed by atoms with van der Waals surface area (Å²) in [7, 11) is 0. The van der Waals surface area contributed by atoms with Crippen molar-refractivity contribution < 1.29 is 4.79 Å². The first-order valence-corrected chi connectivity index (χ1v) is 7.33. The molecular weight excluding hydrogens is 260 g/mol. The first-order valence-electron chi connectivity index (χ1n) is 6.95. The van der Waals surface area contributed by atoms with E-state index >= 15 is 0 Å². The fraction of sp³-hybridized carbons (Fsp3) is 0.533. The number of fused-ring (bicyclic) bond motifs is 1. The molecule has 1 fully saturated rings. The summed E-state index contributed by atoms with van der Waals surface area (Å²) in [5.41, 5.74) is 3.97. The van der Waals surface area contributed by atoms with Gasteiger partial charge in [0, 0.05) is 31.1 Å². The van der Waals surface area contributed by atoms with Crippen molar-refractivity contribution in [1.82, 2.24) is 10.2 Å². The lowest BCUT2D eigenvalue weighted by molar-refractivity contribution is -0.129. The Balaban J connectivity index is 1.97. The molecule has 1 aromatic carbocycles. The van der Waals surface area contributed by atoms with Gasteiger partial charge in [-0.2, -0.15) is 0 Å². The molecule has 0 bridgehead atoms. The summed E-state index contributed by atoms with van der Waals surface area (Å²) >= 11 is 6.26. The van der Waals surface area contributed by atoms with E-state index in [1.807, 2.05) is 11.0 Å². The summed E-state index contributed by atoms with van der Waals surface area (Å²) in [5.74, 6) is 0.145. The highest BCUT2D eigenvalue weighted by Gasteiger charge is 2.25. The average Bonchev–Trinajstić information content (AvgIpc) is 2.90. The molecule has 102 valence electrons. The summed E-state index contributed by atoms with van der Waals surface area (Å²) in [6, 6.07) is 4.56. The molecule has 3 nitrogen and oxygen atoms in total. The molecule has 4 heteroatoms. The third-order valence-electron chi connectivity index (χ3n) is 4.22. The Hall–Kier alpha value is -1.06. The highest BCUT2D eigenvalue weighted by atomic mass is 35.5. The third-order valence-corrected chi connectivity index (χ3v) is 4.43. The Morgan fingerprint density at radius 3 is 3.00 bits per heavy atom. The first kappa shape index (κ1) is 12.9. The first-order chi connectivity index (χ1) is 9.15. The van der Waals surface area contributed by atoms with Gasteiger partial charge >= 0.3 is 0 Å². The van der Waals surface area contributed by atoms with E-state index in [4.69, 9.17) is 11.6 Å². The monoisotopic (exact) mass is 278 g/mol. The van der Waals surface area contributed by atoms with E-state index in [-0.39, 0.29) is 5.91 Å². The van der Waals surface area contributed by atoms with Gasteiger partial charge in [0.05, 0.1) is 0 Å². The number of carbonyl (C=O) groups is 1. The minimum atomic E-state index is 0.145. The van der Waals surface area contributed by atoms with Gasteiger partial charge < -0.3 is 10.2 Å². The molecule has 2 aliphatic rings. The quantitative estimate of drug-likeness (QED) is 0.857. The Bertz CT molecular complexity index is 509. The minimum absolute atomic E-state index is 0.145. The van der Waals surface area contributed by atoms with Crippen molar-refractivity contribution in [2.45, 2.75) is 38.8 Å². The second-order valence-electron chi connectivity index (χ2n) is 5.47. The summed E-state index contributed by atoms with van der Waals surface area (Å²) in [6.07, 6.45) is 3.36. The van der Waals surface area contributed by atoms with Crippen LogP contribution in [0.3, 0.4) is 0 Å². The lowest BCUT2D eigenvalue weighted by Crippen LogP contribution is -2.35. The van der Waals surface area contributed by atoms with Crippen LogP contribution in [0.1, 0.15) is 42.5 Å². The van der Waals surface area contributed by atoms with E-state index in [1.165, 1.54) is 29.5 Å². The number of rotatable bonds is 1. The molecule has 3 rings (SSSR count). The third kappa shape index (κ3) is 2.49. The van der Waals surface area contributed by atoms with Gasteiger partial charge in [0.15, 0.2) is 0 Å². The molecule has 19 heavy (non-hydrogen) atoms. The van der Waals surface area contributed by atoms with Crippen LogP contribution >= 0.6 is 11.6 Å². The van der Waals surface area contributed by atoms with Gasteiger partial charge in [-0.3, -0.25) is 4.79 Å². The predicted octanol–water partition coefficient (Wildman–Crippen LogP) is 2.67. The molecule has 1 amide bonds. The highest BCUT2D eigenvalue weighted by Crippen LogP contribution is 2.33. The number of amides is 1. The molecule has 2 heterocycles. The molecule has 1 atom stereocenters. The van der Waals surface area contributed by atoms with Crippen molar-refractivity contribution in [3.05, 3.63) is 33.8 Å². The number of hydrogen-bond donors (Lipinski definition) is 1. The Morgan fingerprint density at radius 2 is 2.32 bits per heavy atom. The number of nitrogens with one attached hydrogen (secondary N) is 1. The van der Waals surface area contributed by atoms with Gasteiger partial charge in [-0.05, 0) is 54.6 Å². The fourth-order valence-electron chi connectivity index (χ4n) is 3.22.